The summed E-state index contributed by atoms with van der Waals surface area (Å²) in [6, 6.07) is 8.79. The first-order chi connectivity index (χ1) is 18.1. The van der Waals surface area contributed by atoms with Crippen molar-refractivity contribution in [1.29, 1.82) is 0 Å². The summed E-state index contributed by atoms with van der Waals surface area (Å²) < 4.78 is 19.5. The number of amides is 1. The van der Waals surface area contributed by atoms with Crippen molar-refractivity contribution in [2.75, 3.05) is 41.9 Å². The van der Waals surface area contributed by atoms with E-state index >= 15 is 0 Å². The van der Waals surface area contributed by atoms with E-state index in [4.69, 9.17) is 16.3 Å². The molecule has 1 saturated heterocycles. The van der Waals surface area contributed by atoms with E-state index in [0.717, 1.165) is 17.3 Å². The van der Waals surface area contributed by atoms with E-state index in [9.17, 15) is 9.18 Å². The second kappa shape index (κ2) is 11.1. The van der Waals surface area contributed by atoms with Gasteiger partial charge in [-0.2, -0.15) is 4.98 Å². The molecule has 5 rings (SSSR count). The van der Waals surface area contributed by atoms with Gasteiger partial charge in [0, 0.05) is 31.0 Å². The first-order valence-electron chi connectivity index (χ1n) is 11.3. The number of benzene rings is 1. The predicted molar refractivity (Wildman–Crippen MR) is 136 cm³/mol. The Hall–Kier alpha value is -4.42. The van der Waals surface area contributed by atoms with Gasteiger partial charge in [-0.3, -0.25) is 15.6 Å². The van der Waals surface area contributed by atoms with Crippen molar-refractivity contribution in [1.82, 2.24) is 30.3 Å². The van der Waals surface area contributed by atoms with Crippen molar-refractivity contribution < 1.29 is 13.9 Å². The van der Waals surface area contributed by atoms with Crippen LogP contribution < -0.4 is 21.1 Å². The molecule has 0 spiro atoms. The van der Waals surface area contributed by atoms with Crippen LogP contribution in [-0.4, -0.2) is 57.1 Å². The Balaban J connectivity index is 1.19. The van der Waals surface area contributed by atoms with Crippen LogP contribution in [0.15, 0.2) is 61.4 Å². The number of morpholine rings is 1. The van der Waals surface area contributed by atoms with Crippen LogP contribution in [0.3, 0.4) is 0 Å². The zero-order valence-electron chi connectivity index (χ0n) is 19.4. The van der Waals surface area contributed by atoms with Gasteiger partial charge in [-0.05, 0) is 29.8 Å². The second-order valence-corrected chi connectivity index (χ2v) is 8.33. The summed E-state index contributed by atoms with van der Waals surface area (Å²) in [7, 11) is 0. The van der Waals surface area contributed by atoms with Gasteiger partial charge in [0.25, 0.3) is 5.91 Å². The lowest BCUT2D eigenvalue weighted by atomic mass is 10.1. The van der Waals surface area contributed by atoms with Crippen molar-refractivity contribution >= 4 is 40.6 Å². The number of anilines is 4. The Labute approximate surface area is 216 Å². The molecule has 188 valence electrons. The molecule has 0 aliphatic carbocycles. The zero-order valence-corrected chi connectivity index (χ0v) is 20.1. The number of ether oxygens (including phenoxy) is 1. The normalized spacial score (nSPS) is 13.2. The average Bonchev–Trinajstić information content (AvgIpc) is 2.95. The van der Waals surface area contributed by atoms with Crippen molar-refractivity contribution in [2.45, 2.75) is 0 Å². The van der Waals surface area contributed by atoms with Crippen LogP contribution in [0.4, 0.5) is 27.5 Å². The highest BCUT2D eigenvalue weighted by Crippen LogP contribution is 2.30. The molecule has 0 atom stereocenters. The fourth-order valence-electron chi connectivity index (χ4n) is 3.59. The van der Waals surface area contributed by atoms with Gasteiger partial charge >= 0.3 is 0 Å². The number of hydrogen-bond acceptors (Lipinski definition) is 10. The fraction of sp³-hybridized carbons (Fsp3) is 0.167. The van der Waals surface area contributed by atoms with Crippen molar-refractivity contribution in [3.63, 3.8) is 0 Å². The lowest BCUT2D eigenvalue weighted by Crippen LogP contribution is -2.38. The predicted octanol–water partition coefficient (Wildman–Crippen LogP) is 3.46. The van der Waals surface area contributed by atoms with Crippen LogP contribution in [-0.2, 0) is 4.74 Å². The third kappa shape index (κ3) is 5.88. The van der Waals surface area contributed by atoms with Crippen LogP contribution >= 0.6 is 11.6 Å². The number of nitrogens with zero attached hydrogens (tertiary/aromatic N) is 6. The van der Waals surface area contributed by atoms with E-state index in [1.54, 1.807) is 29.4 Å². The number of aromatic nitrogens is 5. The summed E-state index contributed by atoms with van der Waals surface area (Å²) in [6.07, 6.45) is 7.44. The van der Waals surface area contributed by atoms with Gasteiger partial charge in [-0.25, -0.2) is 24.3 Å². The summed E-state index contributed by atoms with van der Waals surface area (Å²) in [4.78, 5) is 34.5. The molecular weight excluding hydrogens is 501 g/mol. The van der Waals surface area contributed by atoms with Gasteiger partial charge in [0.05, 0.1) is 42.0 Å². The Morgan fingerprint density at radius 2 is 1.81 bits per heavy atom. The average molecular weight is 522 g/mol. The van der Waals surface area contributed by atoms with Gasteiger partial charge in [0.1, 0.15) is 12.0 Å². The minimum Gasteiger partial charge on any atom is -0.378 e. The number of hydrogen-bond donors (Lipinski definition) is 3. The van der Waals surface area contributed by atoms with Crippen LogP contribution in [0, 0.1) is 5.82 Å². The molecule has 4 aromatic rings. The Morgan fingerprint density at radius 1 is 1.00 bits per heavy atom. The SMILES string of the molecule is O=C(NNc1ncc(F)c(N2CCOCC2)n1)c1ccc(Nc2ccc(-c3cncnc3)cc2Cl)cn1. The summed E-state index contributed by atoms with van der Waals surface area (Å²) >= 11 is 6.44. The second-order valence-electron chi connectivity index (χ2n) is 7.92. The number of rotatable bonds is 7. The highest BCUT2D eigenvalue weighted by Gasteiger charge is 2.18. The van der Waals surface area contributed by atoms with E-state index in [1.165, 1.54) is 12.5 Å². The van der Waals surface area contributed by atoms with E-state index in [0.29, 0.717) is 42.7 Å². The number of nitrogens with one attached hydrogen (secondary N) is 3. The van der Waals surface area contributed by atoms with Crippen LogP contribution in [0.25, 0.3) is 11.1 Å². The maximum Gasteiger partial charge on any atom is 0.288 e. The van der Waals surface area contributed by atoms with E-state index in [2.05, 4.69) is 41.1 Å². The number of hydrazine groups is 1. The minimum atomic E-state index is -0.549. The molecule has 1 fully saturated rings. The standard InChI is InChI=1S/C24H21ClFN9O2/c25-18-9-15(16-10-27-14-28-11-16)1-3-20(18)31-17-2-4-21(29-12-17)23(36)33-34-24-30-13-19(26)22(32-24)35-5-7-37-8-6-35/h1-4,9-14,31H,5-8H2,(H,33,36)(H,30,32,34). The number of carbonyl (C=O) groups is 1. The first kappa shape index (κ1) is 24.3. The lowest BCUT2D eigenvalue weighted by molar-refractivity contribution is 0.0957. The lowest BCUT2D eigenvalue weighted by Gasteiger charge is -2.28. The summed E-state index contributed by atoms with van der Waals surface area (Å²) in [5, 5.41) is 3.68. The maximum atomic E-state index is 14.2. The highest BCUT2D eigenvalue weighted by atomic mass is 35.5. The van der Waals surface area contributed by atoms with E-state index in [1.807, 2.05) is 18.2 Å². The molecule has 0 unspecified atom stereocenters. The first-order valence-corrected chi connectivity index (χ1v) is 11.6. The molecule has 13 heteroatoms. The van der Waals surface area contributed by atoms with Gasteiger partial charge in [-0.15, -0.1) is 0 Å². The molecule has 4 heterocycles. The van der Waals surface area contributed by atoms with E-state index < -0.39 is 11.7 Å². The molecule has 1 aromatic carbocycles. The number of carbonyl (C=O) groups excluding carboxylic acids is 1. The highest BCUT2D eigenvalue weighted by molar-refractivity contribution is 6.33. The smallest absolute Gasteiger partial charge is 0.288 e. The monoisotopic (exact) mass is 521 g/mol. The van der Waals surface area contributed by atoms with Gasteiger partial charge in [0.15, 0.2) is 11.6 Å². The number of halogens is 2. The molecule has 3 N–H and O–H groups in total. The molecule has 3 aromatic heterocycles. The molecular formula is C24H21ClFN9O2. The zero-order chi connectivity index (χ0) is 25.6. The van der Waals surface area contributed by atoms with Crippen molar-refractivity contribution in [2.24, 2.45) is 0 Å². The van der Waals surface area contributed by atoms with E-state index in [-0.39, 0.29) is 17.5 Å². The third-order valence-corrected chi connectivity index (χ3v) is 5.77. The molecule has 1 amide bonds. The Kier molecular flexibility index (Phi) is 7.28. The molecule has 37 heavy (non-hydrogen) atoms. The fourth-order valence-corrected chi connectivity index (χ4v) is 3.82. The summed E-state index contributed by atoms with van der Waals surface area (Å²) in [5.74, 6) is -0.866. The molecule has 0 radical (unpaired) electrons. The molecule has 1 aliphatic rings. The van der Waals surface area contributed by atoms with Crippen molar-refractivity contribution in [3.05, 3.63) is 78.0 Å². The largest absolute Gasteiger partial charge is 0.378 e. The molecule has 0 saturated carbocycles. The minimum absolute atomic E-state index is 0.0506. The summed E-state index contributed by atoms with van der Waals surface area (Å²) in [5.41, 5.74) is 8.27. The van der Waals surface area contributed by atoms with Crippen LogP contribution in [0.2, 0.25) is 5.02 Å². The Morgan fingerprint density at radius 3 is 2.54 bits per heavy atom. The summed E-state index contributed by atoms with van der Waals surface area (Å²) in [6.45, 7) is 2.00. The van der Waals surface area contributed by atoms with Gasteiger partial charge in [-0.1, -0.05) is 17.7 Å². The molecule has 0 bridgehead atoms. The Bertz CT molecular complexity index is 1390. The van der Waals surface area contributed by atoms with Gasteiger partial charge in [0.2, 0.25) is 5.95 Å². The van der Waals surface area contributed by atoms with Crippen LogP contribution in [0.1, 0.15) is 10.5 Å². The topological polar surface area (TPSA) is 130 Å². The molecule has 1 aliphatic heterocycles. The third-order valence-electron chi connectivity index (χ3n) is 5.46. The number of pyridine rings is 1. The van der Waals surface area contributed by atoms with Crippen molar-refractivity contribution in [3.8, 4) is 11.1 Å². The quantitative estimate of drug-likeness (QED) is 0.311. The molecule has 11 nitrogen and oxygen atoms in total. The van der Waals surface area contributed by atoms with Crippen LogP contribution in [0.5, 0.6) is 0 Å². The maximum absolute atomic E-state index is 14.2. The van der Waals surface area contributed by atoms with Gasteiger partial charge < -0.3 is 15.0 Å².